The average Bonchev–Trinajstić information content (AvgIpc) is 3.24. The lowest BCUT2D eigenvalue weighted by atomic mass is 10.0. The lowest BCUT2D eigenvalue weighted by molar-refractivity contribution is 0.229. The van der Waals surface area contributed by atoms with Gasteiger partial charge in [0.2, 0.25) is 0 Å². The summed E-state index contributed by atoms with van der Waals surface area (Å²) < 4.78 is 40.5. The monoisotopic (exact) mass is 425 g/mol. The molecule has 1 unspecified atom stereocenters. The number of hydrogen-bond acceptors (Lipinski definition) is 4. The van der Waals surface area contributed by atoms with Crippen molar-refractivity contribution in [2.75, 3.05) is 13.1 Å². The Morgan fingerprint density at radius 3 is 2.68 bits per heavy atom. The maximum absolute atomic E-state index is 12.9. The zero-order valence-electron chi connectivity index (χ0n) is 15.4. The molecule has 1 atom stereocenters. The van der Waals surface area contributed by atoms with Crippen molar-refractivity contribution in [2.24, 2.45) is 0 Å². The molecule has 1 aliphatic heterocycles. The number of rotatable bonds is 7. The van der Waals surface area contributed by atoms with E-state index >= 15 is 0 Å². The standard InChI is InChI=1S/C19H24FN3O3S2/c20-16-8-6-15(7-9-16)14-22-19(24)21-11-10-17-4-1-2-12-23(17)28(25,26)18-5-3-13-27-18/h3,5-9,13,17H,1-2,4,10-12,14H2,(H2,21,22,24). The predicted molar refractivity (Wildman–Crippen MR) is 107 cm³/mol. The maximum atomic E-state index is 12.9. The summed E-state index contributed by atoms with van der Waals surface area (Å²) in [5.74, 6) is -0.317. The van der Waals surface area contributed by atoms with Crippen molar-refractivity contribution < 1.29 is 17.6 Å². The molecule has 0 radical (unpaired) electrons. The summed E-state index contributed by atoms with van der Waals surface area (Å²) >= 11 is 1.23. The first-order valence-corrected chi connectivity index (χ1v) is 11.6. The molecular formula is C19H24FN3O3S2. The molecule has 2 N–H and O–H groups in total. The van der Waals surface area contributed by atoms with Gasteiger partial charge in [0.1, 0.15) is 10.0 Å². The van der Waals surface area contributed by atoms with Gasteiger partial charge in [-0.1, -0.05) is 24.6 Å². The Bertz CT molecular complexity index is 870. The quantitative estimate of drug-likeness (QED) is 0.714. The number of benzene rings is 1. The fraction of sp³-hybridized carbons (Fsp3) is 0.421. The van der Waals surface area contributed by atoms with Gasteiger partial charge in [-0.2, -0.15) is 4.31 Å². The molecule has 1 aromatic heterocycles. The van der Waals surface area contributed by atoms with Crippen LogP contribution in [0.3, 0.4) is 0 Å². The fourth-order valence-electron chi connectivity index (χ4n) is 3.30. The molecule has 2 amide bonds. The number of amides is 2. The smallest absolute Gasteiger partial charge is 0.315 e. The van der Waals surface area contributed by atoms with Crippen LogP contribution in [0.2, 0.25) is 0 Å². The van der Waals surface area contributed by atoms with Crippen LogP contribution in [0.15, 0.2) is 46.0 Å². The van der Waals surface area contributed by atoms with Crippen LogP contribution in [0, 0.1) is 5.82 Å². The van der Waals surface area contributed by atoms with Crippen LogP contribution in [0.4, 0.5) is 9.18 Å². The molecule has 0 saturated carbocycles. The lowest BCUT2D eigenvalue weighted by Crippen LogP contribution is -2.45. The second kappa shape index (κ2) is 9.49. The molecule has 0 bridgehead atoms. The van der Waals surface area contributed by atoms with Gasteiger partial charge < -0.3 is 10.6 Å². The van der Waals surface area contributed by atoms with Crippen molar-refractivity contribution in [1.82, 2.24) is 14.9 Å². The highest BCUT2D eigenvalue weighted by molar-refractivity contribution is 7.91. The number of thiophene rings is 1. The number of piperidine rings is 1. The molecule has 3 rings (SSSR count). The number of nitrogens with one attached hydrogen (secondary N) is 2. The Morgan fingerprint density at radius 2 is 1.96 bits per heavy atom. The summed E-state index contributed by atoms with van der Waals surface area (Å²) in [6.07, 6.45) is 3.20. The Balaban J connectivity index is 1.48. The van der Waals surface area contributed by atoms with Crippen LogP contribution in [0.1, 0.15) is 31.2 Å². The van der Waals surface area contributed by atoms with Crippen LogP contribution in [-0.2, 0) is 16.6 Å². The van der Waals surface area contributed by atoms with E-state index in [9.17, 15) is 17.6 Å². The van der Waals surface area contributed by atoms with Gasteiger partial charge in [0.05, 0.1) is 0 Å². The molecule has 1 fully saturated rings. The molecule has 2 heterocycles. The molecule has 1 aliphatic rings. The van der Waals surface area contributed by atoms with Gasteiger partial charge in [0.15, 0.2) is 0 Å². The molecule has 1 aromatic carbocycles. The minimum absolute atomic E-state index is 0.113. The van der Waals surface area contributed by atoms with E-state index in [1.165, 1.54) is 23.5 Å². The van der Waals surface area contributed by atoms with E-state index in [0.717, 1.165) is 24.8 Å². The van der Waals surface area contributed by atoms with Crippen LogP contribution >= 0.6 is 11.3 Å². The molecule has 2 aromatic rings. The number of carbonyl (C=O) groups excluding carboxylic acids is 1. The van der Waals surface area contributed by atoms with Gasteiger partial charge in [-0.05, 0) is 48.4 Å². The number of sulfonamides is 1. The van der Waals surface area contributed by atoms with Gasteiger partial charge in [0, 0.05) is 25.7 Å². The third-order valence-corrected chi connectivity index (χ3v) is 8.09. The number of halogens is 1. The van der Waals surface area contributed by atoms with Crippen molar-refractivity contribution in [1.29, 1.82) is 0 Å². The van der Waals surface area contributed by atoms with Crippen molar-refractivity contribution in [3.05, 3.63) is 53.2 Å². The van der Waals surface area contributed by atoms with Gasteiger partial charge in [-0.15, -0.1) is 11.3 Å². The lowest BCUT2D eigenvalue weighted by Gasteiger charge is -2.34. The first-order chi connectivity index (χ1) is 13.5. The summed E-state index contributed by atoms with van der Waals surface area (Å²) in [6.45, 7) is 1.20. The topological polar surface area (TPSA) is 78.5 Å². The zero-order valence-corrected chi connectivity index (χ0v) is 17.1. The van der Waals surface area contributed by atoms with Crippen LogP contribution in [-0.4, -0.2) is 37.9 Å². The fourth-order valence-corrected chi connectivity index (χ4v) is 6.15. The largest absolute Gasteiger partial charge is 0.338 e. The highest BCUT2D eigenvalue weighted by atomic mass is 32.2. The minimum atomic E-state index is -3.48. The van der Waals surface area contributed by atoms with Crippen LogP contribution < -0.4 is 10.6 Å². The molecule has 1 saturated heterocycles. The third kappa shape index (κ3) is 5.30. The maximum Gasteiger partial charge on any atom is 0.315 e. The summed E-state index contributed by atoms with van der Waals surface area (Å²) in [5.41, 5.74) is 0.803. The highest BCUT2D eigenvalue weighted by Gasteiger charge is 2.33. The van der Waals surface area contributed by atoms with E-state index in [1.54, 1.807) is 34.0 Å². The van der Waals surface area contributed by atoms with Gasteiger partial charge >= 0.3 is 6.03 Å². The summed E-state index contributed by atoms with van der Waals surface area (Å²) in [7, 11) is -3.48. The predicted octanol–water partition coefficient (Wildman–Crippen LogP) is 3.32. The van der Waals surface area contributed by atoms with Gasteiger partial charge in [-0.3, -0.25) is 0 Å². The van der Waals surface area contributed by atoms with Crippen molar-refractivity contribution >= 4 is 27.4 Å². The third-order valence-electron chi connectivity index (χ3n) is 4.76. The van der Waals surface area contributed by atoms with Crippen molar-refractivity contribution in [3.8, 4) is 0 Å². The van der Waals surface area contributed by atoms with E-state index in [4.69, 9.17) is 0 Å². The Hall–Kier alpha value is -1.97. The Labute approximate surface area is 168 Å². The van der Waals surface area contributed by atoms with E-state index < -0.39 is 10.0 Å². The van der Waals surface area contributed by atoms with Gasteiger partial charge in [0.25, 0.3) is 10.0 Å². The van der Waals surface area contributed by atoms with E-state index in [2.05, 4.69) is 10.6 Å². The van der Waals surface area contributed by atoms with Gasteiger partial charge in [-0.25, -0.2) is 17.6 Å². The average molecular weight is 426 g/mol. The summed E-state index contributed by atoms with van der Waals surface area (Å²) in [4.78, 5) is 12.0. The highest BCUT2D eigenvalue weighted by Crippen LogP contribution is 2.28. The van der Waals surface area contributed by atoms with Crippen molar-refractivity contribution in [3.63, 3.8) is 0 Å². The summed E-state index contributed by atoms with van der Waals surface area (Å²) in [5, 5.41) is 7.26. The molecule has 9 heteroatoms. The SMILES string of the molecule is O=C(NCCC1CCCCN1S(=O)(=O)c1cccs1)NCc1ccc(F)cc1. The molecule has 28 heavy (non-hydrogen) atoms. The van der Waals surface area contributed by atoms with E-state index in [0.29, 0.717) is 30.3 Å². The van der Waals surface area contributed by atoms with E-state index in [1.807, 2.05) is 0 Å². The molecule has 152 valence electrons. The minimum Gasteiger partial charge on any atom is -0.338 e. The van der Waals surface area contributed by atoms with Crippen LogP contribution in [0.25, 0.3) is 0 Å². The second-order valence-corrected chi connectivity index (χ2v) is 9.79. The molecule has 0 aliphatic carbocycles. The normalized spacial score (nSPS) is 18.0. The second-order valence-electron chi connectivity index (χ2n) is 6.72. The van der Waals surface area contributed by atoms with Crippen LogP contribution in [0.5, 0.6) is 0 Å². The molecule has 6 nitrogen and oxygen atoms in total. The van der Waals surface area contributed by atoms with E-state index in [-0.39, 0.29) is 17.9 Å². The number of nitrogens with zero attached hydrogens (tertiary/aromatic N) is 1. The number of carbonyl (C=O) groups is 1. The zero-order chi connectivity index (χ0) is 20.0. The first kappa shape index (κ1) is 20.8. The molecular weight excluding hydrogens is 401 g/mol. The first-order valence-electron chi connectivity index (χ1n) is 9.28. The molecule has 0 spiro atoms. The Morgan fingerprint density at radius 1 is 1.18 bits per heavy atom. The van der Waals surface area contributed by atoms with Crippen molar-refractivity contribution in [2.45, 2.75) is 42.5 Å². The number of hydrogen-bond donors (Lipinski definition) is 2. The Kier molecular flexibility index (Phi) is 7.03. The summed E-state index contributed by atoms with van der Waals surface area (Å²) in [6, 6.07) is 8.86. The number of urea groups is 1.